The average molecular weight is 283 g/mol. The SMILES string of the molecule is Cc1cc(NC2CCc3cc(N)ccc32)ccc1[N+](=O)[O-]. The Kier molecular flexibility index (Phi) is 3.25. The minimum absolute atomic E-state index is 0.153. The molecule has 2 aromatic carbocycles. The number of nitro benzene ring substituents is 1. The van der Waals surface area contributed by atoms with Crippen molar-refractivity contribution in [2.45, 2.75) is 25.8 Å². The van der Waals surface area contributed by atoms with Gasteiger partial charge in [-0.3, -0.25) is 10.1 Å². The number of nitrogens with two attached hydrogens (primary N) is 1. The second-order valence-electron chi connectivity index (χ2n) is 5.45. The summed E-state index contributed by atoms with van der Waals surface area (Å²) in [6, 6.07) is 11.4. The van der Waals surface area contributed by atoms with Crippen LogP contribution in [-0.4, -0.2) is 4.92 Å². The number of rotatable bonds is 3. The maximum atomic E-state index is 10.8. The normalized spacial score (nSPS) is 16.5. The standard InChI is InChI=1S/C16H17N3O2/c1-10-8-13(4-7-16(10)19(20)21)18-15-6-2-11-9-12(17)3-5-14(11)15/h3-5,7-9,15,18H,2,6,17H2,1H3. The van der Waals surface area contributed by atoms with Gasteiger partial charge in [0.15, 0.2) is 0 Å². The molecule has 21 heavy (non-hydrogen) atoms. The van der Waals surface area contributed by atoms with Crippen molar-refractivity contribution in [1.82, 2.24) is 0 Å². The molecule has 0 bridgehead atoms. The van der Waals surface area contributed by atoms with Gasteiger partial charge >= 0.3 is 0 Å². The maximum absolute atomic E-state index is 10.8. The van der Waals surface area contributed by atoms with Gasteiger partial charge in [0.25, 0.3) is 5.69 Å². The Morgan fingerprint density at radius 1 is 1.29 bits per heavy atom. The van der Waals surface area contributed by atoms with Crippen LogP contribution in [0.3, 0.4) is 0 Å². The van der Waals surface area contributed by atoms with Gasteiger partial charge in [0.2, 0.25) is 0 Å². The fraction of sp³-hybridized carbons (Fsp3) is 0.250. The molecule has 0 aromatic heterocycles. The summed E-state index contributed by atoms with van der Waals surface area (Å²) in [5.74, 6) is 0. The third-order valence-corrected chi connectivity index (χ3v) is 3.98. The van der Waals surface area contributed by atoms with E-state index in [1.165, 1.54) is 11.1 Å². The summed E-state index contributed by atoms with van der Waals surface area (Å²) < 4.78 is 0. The van der Waals surface area contributed by atoms with Gasteiger partial charge in [0.05, 0.1) is 11.0 Å². The summed E-state index contributed by atoms with van der Waals surface area (Å²) in [5, 5.41) is 14.3. The van der Waals surface area contributed by atoms with Crippen molar-refractivity contribution in [2.24, 2.45) is 0 Å². The molecular formula is C16H17N3O2. The highest BCUT2D eigenvalue weighted by atomic mass is 16.6. The molecule has 108 valence electrons. The lowest BCUT2D eigenvalue weighted by molar-refractivity contribution is -0.385. The largest absolute Gasteiger partial charge is 0.399 e. The first kappa shape index (κ1) is 13.4. The van der Waals surface area contributed by atoms with E-state index in [0.717, 1.165) is 24.2 Å². The fourth-order valence-electron chi connectivity index (χ4n) is 2.94. The number of anilines is 2. The van der Waals surface area contributed by atoms with E-state index in [4.69, 9.17) is 5.73 Å². The lowest BCUT2D eigenvalue weighted by Gasteiger charge is -2.16. The lowest BCUT2D eigenvalue weighted by Crippen LogP contribution is -2.07. The van der Waals surface area contributed by atoms with Crippen LogP contribution in [0, 0.1) is 17.0 Å². The predicted molar refractivity (Wildman–Crippen MR) is 83.4 cm³/mol. The zero-order chi connectivity index (χ0) is 15.0. The van der Waals surface area contributed by atoms with Crippen molar-refractivity contribution < 1.29 is 4.92 Å². The van der Waals surface area contributed by atoms with E-state index < -0.39 is 0 Å². The second-order valence-corrected chi connectivity index (χ2v) is 5.45. The van der Waals surface area contributed by atoms with Crippen LogP contribution >= 0.6 is 0 Å². The second kappa shape index (κ2) is 5.09. The molecule has 3 N–H and O–H groups in total. The first-order chi connectivity index (χ1) is 10.0. The van der Waals surface area contributed by atoms with Crippen molar-refractivity contribution in [1.29, 1.82) is 0 Å². The first-order valence-electron chi connectivity index (χ1n) is 6.94. The predicted octanol–water partition coefficient (Wildman–Crippen LogP) is 3.58. The number of aryl methyl sites for hydroxylation is 2. The third-order valence-electron chi connectivity index (χ3n) is 3.98. The molecule has 2 aromatic rings. The van der Waals surface area contributed by atoms with Crippen LogP contribution in [0.25, 0.3) is 0 Å². The van der Waals surface area contributed by atoms with E-state index in [1.54, 1.807) is 19.1 Å². The Hall–Kier alpha value is -2.56. The van der Waals surface area contributed by atoms with Gasteiger partial charge in [-0.25, -0.2) is 0 Å². The number of nitro groups is 1. The summed E-state index contributed by atoms with van der Waals surface area (Å²) in [6.45, 7) is 1.76. The number of hydrogen-bond donors (Lipinski definition) is 2. The monoisotopic (exact) mass is 283 g/mol. The summed E-state index contributed by atoms with van der Waals surface area (Å²) >= 11 is 0. The Labute approximate surface area is 122 Å². The van der Waals surface area contributed by atoms with Gasteiger partial charge in [0, 0.05) is 23.0 Å². The summed E-state index contributed by atoms with van der Waals surface area (Å²) in [6.07, 6.45) is 2.01. The number of nitrogen functional groups attached to an aromatic ring is 1. The van der Waals surface area contributed by atoms with Gasteiger partial charge < -0.3 is 11.1 Å². The highest BCUT2D eigenvalue weighted by Gasteiger charge is 2.22. The highest BCUT2D eigenvalue weighted by molar-refractivity contribution is 5.56. The van der Waals surface area contributed by atoms with Crippen LogP contribution in [0.5, 0.6) is 0 Å². The Morgan fingerprint density at radius 2 is 2.10 bits per heavy atom. The van der Waals surface area contributed by atoms with Crippen LogP contribution in [0.2, 0.25) is 0 Å². The number of benzene rings is 2. The number of hydrogen-bond acceptors (Lipinski definition) is 4. The van der Waals surface area contributed by atoms with Gasteiger partial charge in [-0.2, -0.15) is 0 Å². The quantitative estimate of drug-likeness (QED) is 0.512. The van der Waals surface area contributed by atoms with Gasteiger partial charge in [-0.1, -0.05) is 6.07 Å². The molecule has 1 aliphatic rings. The molecule has 1 atom stereocenters. The van der Waals surface area contributed by atoms with Gasteiger partial charge in [-0.15, -0.1) is 0 Å². The summed E-state index contributed by atoms with van der Waals surface area (Å²) in [7, 11) is 0. The zero-order valence-corrected chi connectivity index (χ0v) is 11.8. The first-order valence-corrected chi connectivity index (χ1v) is 6.94. The maximum Gasteiger partial charge on any atom is 0.272 e. The molecule has 0 heterocycles. The van der Waals surface area contributed by atoms with Crippen molar-refractivity contribution in [3.63, 3.8) is 0 Å². The molecule has 0 fully saturated rings. The number of nitrogens with one attached hydrogen (secondary N) is 1. The molecule has 5 heteroatoms. The molecule has 0 aliphatic heterocycles. The molecule has 3 rings (SSSR count). The lowest BCUT2D eigenvalue weighted by atomic mass is 10.1. The molecule has 0 saturated heterocycles. The smallest absolute Gasteiger partial charge is 0.272 e. The average Bonchev–Trinajstić information content (AvgIpc) is 2.80. The molecule has 0 spiro atoms. The molecule has 0 amide bonds. The van der Waals surface area contributed by atoms with Crippen LogP contribution < -0.4 is 11.1 Å². The molecule has 1 aliphatic carbocycles. The third kappa shape index (κ3) is 2.54. The van der Waals surface area contributed by atoms with Crippen molar-refractivity contribution in [3.05, 3.63) is 63.2 Å². The number of fused-ring (bicyclic) bond motifs is 1. The van der Waals surface area contributed by atoms with Gasteiger partial charge in [0.1, 0.15) is 0 Å². The Bertz CT molecular complexity index is 713. The van der Waals surface area contributed by atoms with E-state index in [9.17, 15) is 10.1 Å². The van der Waals surface area contributed by atoms with Crippen LogP contribution in [-0.2, 0) is 6.42 Å². The van der Waals surface area contributed by atoms with Crippen molar-refractivity contribution in [2.75, 3.05) is 11.1 Å². The molecule has 0 saturated carbocycles. The van der Waals surface area contributed by atoms with E-state index in [0.29, 0.717) is 5.56 Å². The molecular weight excluding hydrogens is 266 g/mol. The minimum Gasteiger partial charge on any atom is -0.399 e. The topological polar surface area (TPSA) is 81.2 Å². The van der Waals surface area contributed by atoms with Crippen molar-refractivity contribution in [3.8, 4) is 0 Å². The molecule has 5 nitrogen and oxygen atoms in total. The van der Waals surface area contributed by atoms with Crippen LogP contribution in [0.1, 0.15) is 29.2 Å². The van der Waals surface area contributed by atoms with Crippen molar-refractivity contribution >= 4 is 17.1 Å². The highest BCUT2D eigenvalue weighted by Crippen LogP contribution is 2.35. The summed E-state index contributed by atoms with van der Waals surface area (Å²) in [4.78, 5) is 10.5. The van der Waals surface area contributed by atoms with E-state index in [1.807, 2.05) is 18.2 Å². The fourth-order valence-corrected chi connectivity index (χ4v) is 2.94. The van der Waals surface area contributed by atoms with E-state index in [2.05, 4.69) is 11.4 Å². The Morgan fingerprint density at radius 3 is 2.81 bits per heavy atom. The molecule has 1 unspecified atom stereocenters. The zero-order valence-electron chi connectivity index (χ0n) is 11.8. The molecule has 0 radical (unpaired) electrons. The van der Waals surface area contributed by atoms with Gasteiger partial charge in [-0.05, 0) is 55.2 Å². The number of nitrogens with zero attached hydrogens (tertiary/aromatic N) is 1. The van der Waals surface area contributed by atoms with E-state index in [-0.39, 0.29) is 16.7 Å². The minimum atomic E-state index is -0.354. The Balaban J connectivity index is 1.83. The van der Waals surface area contributed by atoms with Crippen LogP contribution in [0.4, 0.5) is 17.1 Å². The van der Waals surface area contributed by atoms with E-state index >= 15 is 0 Å². The van der Waals surface area contributed by atoms with Crippen LogP contribution in [0.15, 0.2) is 36.4 Å². The summed E-state index contributed by atoms with van der Waals surface area (Å²) in [5.41, 5.74) is 10.9.